The molecule has 6 nitrogen and oxygen atoms in total. The second kappa shape index (κ2) is 12.7. The van der Waals surface area contributed by atoms with Crippen molar-refractivity contribution in [3.63, 3.8) is 0 Å². The Balaban J connectivity index is 1.51. The number of carboxylic acids is 1. The van der Waals surface area contributed by atoms with Crippen molar-refractivity contribution in [2.45, 2.75) is 76.3 Å². The average Bonchev–Trinajstić information content (AvgIpc) is 3.40. The predicted molar refractivity (Wildman–Crippen MR) is 139 cm³/mol. The van der Waals surface area contributed by atoms with Crippen molar-refractivity contribution in [2.24, 2.45) is 0 Å². The van der Waals surface area contributed by atoms with Gasteiger partial charge in [0.05, 0.1) is 5.57 Å². The van der Waals surface area contributed by atoms with Gasteiger partial charge in [-0.1, -0.05) is 55.7 Å². The third kappa shape index (κ3) is 7.07. The maximum atomic E-state index is 14.0. The van der Waals surface area contributed by atoms with Crippen LogP contribution < -0.4 is 10.1 Å². The Morgan fingerprint density at radius 3 is 2.54 bits per heavy atom. The molecule has 0 radical (unpaired) electrons. The van der Waals surface area contributed by atoms with E-state index >= 15 is 0 Å². The Morgan fingerprint density at radius 2 is 1.80 bits per heavy atom. The number of hydrogen-bond donors (Lipinski definition) is 2. The number of hydrogen-bond acceptors (Lipinski definition) is 4. The number of carbonyl (C=O) groups is 2. The van der Waals surface area contributed by atoms with Gasteiger partial charge in [0.25, 0.3) is 5.91 Å². The summed E-state index contributed by atoms with van der Waals surface area (Å²) in [6, 6.07) is 14.7. The summed E-state index contributed by atoms with van der Waals surface area (Å²) in [5.41, 5.74) is 0.686. The predicted octanol–water partition coefficient (Wildman–Crippen LogP) is 5.31. The van der Waals surface area contributed by atoms with E-state index in [1.54, 1.807) is 0 Å². The summed E-state index contributed by atoms with van der Waals surface area (Å²) in [7, 11) is 0. The van der Waals surface area contributed by atoms with Gasteiger partial charge < -0.3 is 20.1 Å². The van der Waals surface area contributed by atoms with Gasteiger partial charge in [-0.05, 0) is 68.0 Å². The lowest BCUT2D eigenvalue weighted by Gasteiger charge is -2.39. The van der Waals surface area contributed by atoms with Crippen LogP contribution >= 0.6 is 0 Å². The quantitative estimate of drug-likeness (QED) is 0.338. The Morgan fingerprint density at radius 1 is 1.00 bits per heavy atom. The summed E-state index contributed by atoms with van der Waals surface area (Å²) < 4.78 is 6.17. The number of rotatable bonds is 11. The molecule has 188 valence electrons. The number of allylic oxidation sites excluding steroid dienone is 1. The molecule has 0 bridgehead atoms. The van der Waals surface area contributed by atoms with Crippen molar-refractivity contribution < 1.29 is 19.4 Å². The van der Waals surface area contributed by atoms with Crippen LogP contribution in [0.5, 0.6) is 5.75 Å². The van der Waals surface area contributed by atoms with Gasteiger partial charge in [-0.25, -0.2) is 0 Å². The molecule has 1 unspecified atom stereocenters. The topological polar surface area (TPSA) is 78.9 Å². The largest absolute Gasteiger partial charge is 0.489 e. The summed E-state index contributed by atoms with van der Waals surface area (Å²) in [5.74, 6) is 0.0618. The highest BCUT2D eigenvalue weighted by Crippen LogP contribution is 2.28. The number of ether oxygens (including phenoxy) is 1. The molecule has 2 fully saturated rings. The number of carboxylic acid groups (broad SMARTS) is 1. The van der Waals surface area contributed by atoms with E-state index in [2.05, 4.69) is 22.3 Å². The van der Waals surface area contributed by atoms with E-state index in [1.165, 1.54) is 19.3 Å². The molecule has 1 atom stereocenters. The Bertz CT molecular complexity index is 1020. The first-order valence-corrected chi connectivity index (χ1v) is 13.2. The van der Waals surface area contributed by atoms with Crippen LogP contribution in [0.4, 0.5) is 0 Å². The normalized spacial score (nSPS) is 19.1. The Hall–Kier alpha value is -2.86. The molecule has 0 aromatic heterocycles. The molecular weight excluding hydrogens is 440 g/mol. The van der Waals surface area contributed by atoms with Crippen LogP contribution in [0.25, 0.3) is 10.8 Å². The minimum atomic E-state index is -0.776. The monoisotopic (exact) mass is 478 g/mol. The van der Waals surface area contributed by atoms with Gasteiger partial charge in [-0.2, -0.15) is 0 Å². The lowest BCUT2D eigenvalue weighted by Crippen LogP contribution is -2.50. The molecule has 35 heavy (non-hydrogen) atoms. The smallest absolute Gasteiger partial charge is 0.303 e. The molecule has 1 saturated heterocycles. The number of amides is 1. The highest BCUT2D eigenvalue weighted by atomic mass is 16.5. The summed E-state index contributed by atoms with van der Waals surface area (Å²) in [6.45, 7) is 2.02. The molecule has 1 heterocycles. The van der Waals surface area contributed by atoms with Crippen molar-refractivity contribution in [3.8, 4) is 5.75 Å². The van der Waals surface area contributed by atoms with Gasteiger partial charge >= 0.3 is 5.97 Å². The Kier molecular flexibility index (Phi) is 9.18. The second-order valence-electron chi connectivity index (χ2n) is 9.82. The molecule has 2 aromatic rings. The molecule has 6 heteroatoms. The fraction of sp³-hybridized carbons (Fsp3) is 0.517. The molecule has 1 saturated carbocycles. The maximum absolute atomic E-state index is 14.0. The van der Waals surface area contributed by atoms with Crippen LogP contribution in [0.15, 0.2) is 54.1 Å². The summed E-state index contributed by atoms with van der Waals surface area (Å²) >= 11 is 0. The second-order valence-corrected chi connectivity index (χ2v) is 9.82. The van der Waals surface area contributed by atoms with Crippen LogP contribution in [0.2, 0.25) is 0 Å². The fourth-order valence-electron chi connectivity index (χ4n) is 5.35. The highest BCUT2D eigenvalue weighted by Gasteiger charge is 2.34. The van der Waals surface area contributed by atoms with Crippen molar-refractivity contribution >= 4 is 22.6 Å². The number of unbranched alkanes of at least 4 members (excludes halogenated alkanes) is 2. The van der Waals surface area contributed by atoms with Gasteiger partial charge in [0.2, 0.25) is 0 Å². The van der Waals surface area contributed by atoms with E-state index in [-0.39, 0.29) is 31.0 Å². The van der Waals surface area contributed by atoms with Gasteiger partial charge in [0, 0.05) is 25.0 Å². The number of carbonyl (C=O) groups excluding carboxylic acids is 1. The fourth-order valence-corrected chi connectivity index (χ4v) is 5.35. The lowest BCUT2D eigenvalue weighted by molar-refractivity contribution is -0.137. The Labute approximate surface area is 208 Å². The molecular formula is C29H38N2O4. The van der Waals surface area contributed by atoms with Gasteiger partial charge in [0.15, 0.2) is 0 Å². The van der Waals surface area contributed by atoms with Gasteiger partial charge in [-0.3, -0.25) is 9.59 Å². The zero-order valence-corrected chi connectivity index (χ0v) is 20.6. The zero-order chi connectivity index (χ0) is 24.5. The first kappa shape index (κ1) is 25.2. The third-order valence-electron chi connectivity index (χ3n) is 7.26. The standard InChI is InChI=1S/C29H38N2O4/c32-28(33)14-6-1-3-11-24(21-35-27-16-15-22-9-7-8-10-23(22)19-27)29(34)31(26-17-18-30-20-26)25-12-4-2-5-13-25/h7-11,15-16,19,25-26,30H,1-6,12-14,17-18,20-21H2,(H,32,33)/b24-11+. The SMILES string of the molecule is O=C(O)CCCC/C=C(\COc1ccc2ccccc2c1)C(=O)N(C1CCCCC1)C1CCNC1. The van der Waals surface area contributed by atoms with Crippen molar-refractivity contribution in [1.29, 1.82) is 0 Å². The average molecular weight is 479 g/mol. The third-order valence-corrected chi connectivity index (χ3v) is 7.26. The first-order valence-electron chi connectivity index (χ1n) is 13.2. The van der Waals surface area contributed by atoms with Crippen LogP contribution in [0, 0.1) is 0 Å². The summed E-state index contributed by atoms with van der Waals surface area (Å²) in [6.07, 6.45) is 10.9. The summed E-state index contributed by atoms with van der Waals surface area (Å²) in [4.78, 5) is 27.0. The molecule has 1 aliphatic carbocycles. The molecule has 1 aliphatic heterocycles. The first-order chi connectivity index (χ1) is 17.1. The number of benzene rings is 2. The molecule has 4 rings (SSSR count). The minimum Gasteiger partial charge on any atom is -0.489 e. The maximum Gasteiger partial charge on any atom is 0.303 e. The molecule has 2 aromatic carbocycles. The van der Waals surface area contributed by atoms with Crippen LogP contribution in [-0.4, -0.2) is 53.7 Å². The molecule has 0 spiro atoms. The number of fused-ring (bicyclic) bond motifs is 1. The van der Waals surface area contributed by atoms with E-state index < -0.39 is 5.97 Å². The van der Waals surface area contributed by atoms with E-state index in [1.807, 2.05) is 36.4 Å². The van der Waals surface area contributed by atoms with Gasteiger partial charge in [-0.15, -0.1) is 0 Å². The zero-order valence-electron chi connectivity index (χ0n) is 20.6. The van der Waals surface area contributed by atoms with Crippen LogP contribution in [0.3, 0.4) is 0 Å². The van der Waals surface area contributed by atoms with Gasteiger partial charge in [0.1, 0.15) is 12.4 Å². The molecule has 1 amide bonds. The van der Waals surface area contributed by atoms with E-state index in [4.69, 9.17) is 9.84 Å². The highest BCUT2D eigenvalue weighted by molar-refractivity contribution is 5.94. The number of nitrogens with one attached hydrogen (secondary N) is 1. The van der Waals surface area contributed by atoms with Crippen molar-refractivity contribution in [1.82, 2.24) is 10.2 Å². The minimum absolute atomic E-state index is 0.0876. The molecule has 2 N–H and O–H groups in total. The number of aliphatic carboxylic acids is 1. The van der Waals surface area contributed by atoms with E-state index in [0.717, 1.165) is 55.3 Å². The summed E-state index contributed by atoms with van der Waals surface area (Å²) in [5, 5.41) is 14.6. The van der Waals surface area contributed by atoms with Crippen molar-refractivity contribution in [3.05, 3.63) is 54.1 Å². The van der Waals surface area contributed by atoms with Crippen LogP contribution in [0.1, 0.15) is 64.2 Å². The van der Waals surface area contributed by atoms with E-state index in [0.29, 0.717) is 18.4 Å². The molecule has 2 aliphatic rings. The number of nitrogens with zero attached hydrogens (tertiary/aromatic N) is 1. The van der Waals surface area contributed by atoms with Crippen LogP contribution in [-0.2, 0) is 9.59 Å². The lowest BCUT2D eigenvalue weighted by atomic mass is 9.92. The van der Waals surface area contributed by atoms with E-state index in [9.17, 15) is 9.59 Å². The van der Waals surface area contributed by atoms with Crippen molar-refractivity contribution in [2.75, 3.05) is 19.7 Å².